The Kier molecular flexibility index (Phi) is 14.0. The molecule has 0 bridgehead atoms. The molecule has 10 rings (SSSR count). The number of allylic oxidation sites excluding steroid dienone is 4. The molecule has 0 N–H and O–H groups in total. The van der Waals surface area contributed by atoms with Gasteiger partial charge in [0.05, 0.1) is 0 Å². The molecule has 0 amide bonds. The van der Waals surface area contributed by atoms with Crippen LogP contribution in [0.2, 0.25) is 0 Å². The summed E-state index contributed by atoms with van der Waals surface area (Å²) in [6.45, 7) is 1.88. The van der Waals surface area contributed by atoms with Crippen molar-refractivity contribution in [3.8, 4) is 0 Å². The second-order valence-corrected chi connectivity index (χ2v) is 21.7. The molecular formula is C66H52O6Ti. The van der Waals surface area contributed by atoms with Crippen LogP contribution in [0.15, 0.2) is 295 Å². The van der Waals surface area contributed by atoms with E-state index in [0.29, 0.717) is 59.5 Å². The quantitative estimate of drug-likeness (QED) is 0.0709. The molecule has 73 heavy (non-hydrogen) atoms. The van der Waals surface area contributed by atoms with Gasteiger partial charge in [-0.2, -0.15) is 0 Å². The van der Waals surface area contributed by atoms with Gasteiger partial charge in [-0.05, 0) is 0 Å². The third-order valence-corrected chi connectivity index (χ3v) is 18.2. The van der Waals surface area contributed by atoms with Crippen LogP contribution in [-0.2, 0) is 58.3 Å². The Hall–Kier alpha value is -8.42. The fourth-order valence-electron chi connectivity index (χ4n) is 10.6. The Labute approximate surface area is 431 Å². The molecule has 1 aliphatic rings. The van der Waals surface area contributed by atoms with Gasteiger partial charge >= 0.3 is 434 Å². The first-order chi connectivity index (χ1) is 35.8. The van der Waals surface area contributed by atoms with Crippen molar-refractivity contribution < 1.29 is 42.1 Å². The molecule has 0 spiro atoms. The van der Waals surface area contributed by atoms with Crippen LogP contribution in [0.4, 0.5) is 0 Å². The third kappa shape index (κ3) is 8.69. The van der Waals surface area contributed by atoms with Crippen molar-refractivity contribution in [2.75, 3.05) is 0 Å². The molecule has 1 aliphatic carbocycles. The number of hydrogen-bond acceptors (Lipinski definition) is 6. The van der Waals surface area contributed by atoms with E-state index in [1.165, 1.54) is 0 Å². The van der Waals surface area contributed by atoms with E-state index in [9.17, 15) is 0 Å². The zero-order valence-corrected chi connectivity index (χ0v) is 41.9. The molecular weight excluding hydrogens is 937 g/mol. The Morgan fingerprint density at radius 2 is 0.493 bits per heavy atom. The summed E-state index contributed by atoms with van der Waals surface area (Å²) in [5.74, 6) is -2.34. The molecule has 0 aliphatic heterocycles. The van der Waals surface area contributed by atoms with E-state index in [1.54, 1.807) is 0 Å². The van der Waals surface area contributed by atoms with Gasteiger partial charge in [0.1, 0.15) is 0 Å². The van der Waals surface area contributed by atoms with Gasteiger partial charge in [0.2, 0.25) is 0 Å². The van der Waals surface area contributed by atoms with Crippen LogP contribution < -0.4 is 0 Å². The zero-order valence-electron chi connectivity index (χ0n) is 40.3. The van der Waals surface area contributed by atoms with Crippen molar-refractivity contribution in [2.45, 2.75) is 29.6 Å². The number of hydrogen-bond donors (Lipinski definition) is 0. The molecule has 0 saturated carbocycles. The van der Waals surface area contributed by atoms with Crippen molar-refractivity contribution in [2.24, 2.45) is 0 Å². The summed E-state index contributed by atoms with van der Waals surface area (Å²) in [5, 5.41) is 0. The molecule has 9 aromatic rings. The number of carbonyl (C=O) groups excluding carboxylic acids is 3. The van der Waals surface area contributed by atoms with Gasteiger partial charge in [-0.3, -0.25) is 0 Å². The van der Waals surface area contributed by atoms with Gasteiger partial charge in [-0.15, -0.1) is 0 Å². The summed E-state index contributed by atoms with van der Waals surface area (Å²) in [4.78, 5) is 50.5. The van der Waals surface area contributed by atoms with Crippen molar-refractivity contribution in [1.29, 1.82) is 0 Å². The van der Waals surface area contributed by atoms with Gasteiger partial charge in [0, 0.05) is 0 Å². The average molecular weight is 989 g/mol. The van der Waals surface area contributed by atoms with Crippen molar-refractivity contribution in [3.05, 3.63) is 345 Å². The summed E-state index contributed by atoms with van der Waals surface area (Å²) in [6.07, 6.45) is 4.01. The summed E-state index contributed by atoms with van der Waals surface area (Å²) < 4.78 is 22.7. The van der Waals surface area contributed by atoms with Gasteiger partial charge in [0.25, 0.3) is 0 Å². The first-order valence-corrected chi connectivity index (χ1v) is 27.1. The average Bonchev–Trinajstić information content (AvgIpc) is 3.91. The van der Waals surface area contributed by atoms with Gasteiger partial charge in [-0.25, -0.2) is 0 Å². The number of carbonyl (C=O) groups is 3. The van der Waals surface area contributed by atoms with Crippen molar-refractivity contribution >= 4 is 17.9 Å². The van der Waals surface area contributed by atoms with E-state index in [-0.39, 0.29) is 6.42 Å². The topological polar surface area (TPSA) is 78.9 Å². The van der Waals surface area contributed by atoms with Crippen LogP contribution in [0.1, 0.15) is 63.4 Å². The van der Waals surface area contributed by atoms with Crippen molar-refractivity contribution in [1.82, 2.24) is 0 Å². The second kappa shape index (κ2) is 21.1. The number of benzene rings is 9. The molecule has 0 fully saturated rings. The minimum atomic E-state index is -6.24. The molecule has 9 aromatic carbocycles. The summed E-state index contributed by atoms with van der Waals surface area (Å²) in [7, 11) is 0. The van der Waals surface area contributed by atoms with E-state index in [4.69, 9.17) is 9.96 Å². The summed E-state index contributed by atoms with van der Waals surface area (Å²) in [6, 6.07) is 85.0. The Balaban J connectivity index is 1.29. The number of rotatable bonds is 16. The standard InChI is InChI=1S/3C20H16O2.C6H7.Ti/c3*21-19(22)20(16-10-4-1-5-11-16,17-12-6-2-7-13-17)18-14-8-3-9-15-18;1-6-4-2-3-5-6;/h3*1-15H,(H,21,22);2,4H,3H2,1H3;/q;;;;+3/p-3. The van der Waals surface area contributed by atoms with E-state index in [2.05, 4.69) is 0 Å². The normalized spacial score (nSPS) is 12.7. The van der Waals surface area contributed by atoms with Gasteiger partial charge in [0.15, 0.2) is 0 Å². The monoisotopic (exact) mass is 988 g/mol. The van der Waals surface area contributed by atoms with E-state index >= 15 is 14.4 Å². The van der Waals surface area contributed by atoms with Crippen molar-refractivity contribution in [3.63, 3.8) is 0 Å². The van der Waals surface area contributed by atoms with Gasteiger partial charge in [-0.1, -0.05) is 0 Å². The molecule has 6 nitrogen and oxygen atoms in total. The predicted octanol–water partition coefficient (Wildman–Crippen LogP) is 13.9. The van der Waals surface area contributed by atoms with Crippen LogP contribution in [0, 0.1) is 0 Å². The molecule has 0 saturated heterocycles. The van der Waals surface area contributed by atoms with Crippen LogP contribution in [0.3, 0.4) is 0 Å². The molecule has 0 atom stereocenters. The Bertz CT molecular complexity index is 2740. The van der Waals surface area contributed by atoms with Crippen LogP contribution in [-0.4, -0.2) is 17.9 Å². The first kappa shape index (κ1) is 48.2. The molecule has 356 valence electrons. The minimum absolute atomic E-state index is 0.179. The second-order valence-electron chi connectivity index (χ2n) is 18.0. The molecule has 0 radical (unpaired) electrons. The Morgan fingerprint density at radius 1 is 0.315 bits per heavy atom. The molecule has 0 heterocycles. The fourth-order valence-corrected chi connectivity index (χ4v) is 14.7. The molecule has 0 aromatic heterocycles. The van der Waals surface area contributed by atoms with E-state index in [0.717, 1.165) is 0 Å². The van der Waals surface area contributed by atoms with Crippen LogP contribution in [0.5, 0.6) is 0 Å². The van der Waals surface area contributed by atoms with Crippen LogP contribution >= 0.6 is 0 Å². The summed E-state index contributed by atoms with van der Waals surface area (Å²) >= 11 is -6.24. The maximum absolute atomic E-state index is 16.8. The summed E-state index contributed by atoms with van der Waals surface area (Å²) in [5.41, 5.74) is 1.01. The predicted molar refractivity (Wildman–Crippen MR) is 282 cm³/mol. The van der Waals surface area contributed by atoms with Gasteiger partial charge < -0.3 is 0 Å². The third-order valence-electron chi connectivity index (χ3n) is 14.0. The molecule has 0 unspecified atom stereocenters. The molecule has 7 heteroatoms. The first-order valence-electron chi connectivity index (χ1n) is 24.4. The Morgan fingerprint density at radius 3 is 0.644 bits per heavy atom. The zero-order chi connectivity index (χ0) is 50.1. The maximum atomic E-state index is 16.8. The van der Waals surface area contributed by atoms with E-state index in [1.807, 2.05) is 292 Å². The SMILES string of the molecule is CC1=[C]([Ti]([O]C(=O)C(c2ccccc2)(c2ccccc2)c2ccccc2)([O]C(=O)C(c2ccccc2)(c2ccccc2)c2ccccc2)[O]C(=O)C(c2ccccc2)(c2ccccc2)c2ccccc2)CC=C1. The fraction of sp³-hybridized carbons (Fsp3) is 0.0758. The van der Waals surface area contributed by atoms with Crippen LogP contribution in [0.25, 0.3) is 0 Å². The van der Waals surface area contributed by atoms with E-state index < -0.39 is 51.9 Å².